The van der Waals surface area contributed by atoms with Crippen LogP contribution in [0, 0.1) is 5.82 Å². The fourth-order valence-electron chi connectivity index (χ4n) is 2.27. The molecule has 0 bridgehead atoms. The topological polar surface area (TPSA) is 55.4 Å². The lowest BCUT2D eigenvalue weighted by Crippen LogP contribution is -2.29. The van der Waals surface area contributed by atoms with Gasteiger partial charge in [0.15, 0.2) is 0 Å². The van der Waals surface area contributed by atoms with E-state index in [1.54, 1.807) is 0 Å². The maximum Gasteiger partial charge on any atom is 0.215 e. The van der Waals surface area contributed by atoms with E-state index in [4.69, 9.17) is 4.74 Å². The predicted octanol–water partition coefficient (Wildman–Crippen LogP) is 3.62. The molecule has 0 heterocycles. The highest BCUT2D eigenvalue weighted by Crippen LogP contribution is 2.24. The highest BCUT2D eigenvalue weighted by molar-refractivity contribution is 7.88. The molecule has 0 saturated heterocycles. The van der Waals surface area contributed by atoms with Crippen molar-refractivity contribution in [2.24, 2.45) is 0 Å². The van der Waals surface area contributed by atoms with Crippen molar-refractivity contribution in [3.05, 3.63) is 65.5 Å². The summed E-state index contributed by atoms with van der Waals surface area (Å²) in [6.45, 7) is 6.82. The first-order chi connectivity index (χ1) is 11.7. The summed E-state index contributed by atoms with van der Waals surface area (Å²) < 4.78 is 44.9. The standard InChI is InChI=1S/C19H24FNO3S/c1-19(2,3)16-6-10-18(11-7-16)24-13-12-21-25(22,23)14-15-4-8-17(20)9-5-15/h4-11,21H,12-14H2,1-3H3. The third-order valence-electron chi connectivity index (χ3n) is 3.68. The van der Waals surface area contributed by atoms with E-state index in [1.807, 2.05) is 24.3 Å². The fourth-order valence-corrected chi connectivity index (χ4v) is 3.40. The Labute approximate surface area is 149 Å². The number of halogens is 1. The molecular formula is C19H24FNO3S. The number of sulfonamides is 1. The van der Waals surface area contributed by atoms with Crippen LogP contribution in [0.3, 0.4) is 0 Å². The second kappa shape index (κ2) is 7.97. The van der Waals surface area contributed by atoms with Gasteiger partial charge >= 0.3 is 0 Å². The van der Waals surface area contributed by atoms with Gasteiger partial charge in [-0.2, -0.15) is 0 Å². The Bertz CT molecular complexity index is 779. The Kier molecular flexibility index (Phi) is 6.19. The first kappa shape index (κ1) is 19.4. The average Bonchev–Trinajstić information content (AvgIpc) is 2.53. The van der Waals surface area contributed by atoms with E-state index in [-0.39, 0.29) is 30.1 Å². The lowest BCUT2D eigenvalue weighted by molar-refractivity contribution is 0.322. The molecule has 136 valence electrons. The van der Waals surface area contributed by atoms with Crippen molar-refractivity contribution in [2.75, 3.05) is 13.2 Å². The van der Waals surface area contributed by atoms with Crippen molar-refractivity contribution in [1.29, 1.82) is 0 Å². The molecule has 0 atom stereocenters. The number of hydrogen-bond donors (Lipinski definition) is 1. The fraction of sp³-hybridized carbons (Fsp3) is 0.368. The number of nitrogens with one attached hydrogen (secondary N) is 1. The van der Waals surface area contributed by atoms with Crippen molar-refractivity contribution < 1.29 is 17.5 Å². The highest BCUT2D eigenvalue weighted by Gasteiger charge is 2.13. The lowest BCUT2D eigenvalue weighted by atomic mass is 9.87. The molecule has 0 aliphatic carbocycles. The largest absolute Gasteiger partial charge is 0.492 e. The number of rotatable bonds is 7. The molecule has 2 aromatic carbocycles. The molecule has 0 aliphatic heterocycles. The number of ether oxygens (including phenoxy) is 1. The Balaban J connectivity index is 1.79. The van der Waals surface area contributed by atoms with Gasteiger partial charge in [0, 0.05) is 6.54 Å². The Hall–Kier alpha value is -1.92. The summed E-state index contributed by atoms with van der Waals surface area (Å²) in [5, 5.41) is 0. The van der Waals surface area contributed by atoms with Gasteiger partial charge in [0.25, 0.3) is 0 Å². The van der Waals surface area contributed by atoms with E-state index in [2.05, 4.69) is 25.5 Å². The van der Waals surface area contributed by atoms with Crippen LogP contribution in [-0.2, 0) is 21.2 Å². The van der Waals surface area contributed by atoms with Gasteiger partial charge in [0.1, 0.15) is 18.2 Å². The molecule has 0 spiro atoms. The zero-order valence-electron chi connectivity index (χ0n) is 14.8. The molecular weight excluding hydrogens is 341 g/mol. The monoisotopic (exact) mass is 365 g/mol. The van der Waals surface area contributed by atoms with Crippen LogP contribution in [0.15, 0.2) is 48.5 Å². The first-order valence-electron chi connectivity index (χ1n) is 8.11. The summed E-state index contributed by atoms with van der Waals surface area (Å²) in [6, 6.07) is 13.2. The van der Waals surface area contributed by atoms with Crippen LogP contribution >= 0.6 is 0 Å². The molecule has 0 fully saturated rings. The zero-order chi connectivity index (χ0) is 18.5. The number of hydrogen-bond acceptors (Lipinski definition) is 3. The molecule has 25 heavy (non-hydrogen) atoms. The molecule has 4 nitrogen and oxygen atoms in total. The summed E-state index contributed by atoms with van der Waals surface area (Å²) in [4.78, 5) is 0. The van der Waals surface area contributed by atoms with Gasteiger partial charge < -0.3 is 4.74 Å². The molecule has 2 aromatic rings. The van der Waals surface area contributed by atoms with Crippen LogP contribution in [0.5, 0.6) is 5.75 Å². The van der Waals surface area contributed by atoms with Crippen LogP contribution in [-0.4, -0.2) is 21.6 Å². The van der Waals surface area contributed by atoms with E-state index in [1.165, 1.54) is 29.8 Å². The first-order valence-corrected chi connectivity index (χ1v) is 9.76. The average molecular weight is 365 g/mol. The van der Waals surface area contributed by atoms with Crippen molar-refractivity contribution in [2.45, 2.75) is 31.9 Å². The van der Waals surface area contributed by atoms with Crippen molar-refractivity contribution in [3.63, 3.8) is 0 Å². The van der Waals surface area contributed by atoms with E-state index in [0.29, 0.717) is 11.3 Å². The minimum absolute atomic E-state index is 0.0779. The molecule has 0 aliphatic rings. The summed E-state index contributed by atoms with van der Waals surface area (Å²) in [7, 11) is -3.48. The predicted molar refractivity (Wildman–Crippen MR) is 97.7 cm³/mol. The van der Waals surface area contributed by atoms with Crippen LogP contribution < -0.4 is 9.46 Å². The summed E-state index contributed by atoms with van der Waals surface area (Å²) in [6.07, 6.45) is 0. The smallest absolute Gasteiger partial charge is 0.215 e. The Morgan fingerprint density at radius 1 is 1.00 bits per heavy atom. The van der Waals surface area contributed by atoms with Gasteiger partial charge in [0.05, 0.1) is 5.75 Å². The van der Waals surface area contributed by atoms with Crippen molar-refractivity contribution in [3.8, 4) is 5.75 Å². The second-order valence-corrected chi connectivity index (χ2v) is 8.71. The normalized spacial score (nSPS) is 12.2. The third-order valence-corrected chi connectivity index (χ3v) is 5.04. The van der Waals surface area contributed by atoms with Crippen LogP contribution in [0.1, 0.15) is 31.9 Å². The van der Waals surface area contributed by atoms with Crippen LogP contribution in [0.2, 0.25) is 0 Å². The van der Waals surface area contributed by atoms with Gasteiger partial charge in [-0.1, -0.05) is 45.0 Å². The second-order valence-electron chi connectivity index (χ2n) is 6.90. The summed E-state index contributed by atoms with van der Waals surface area (Å²) >= 11 is 0. The Morgan fingerprint density at radius 3 is 2.16 bits per heavy atom. The van der Waals surface area contributed by atoms with Crippen molar-refractivity contribution in [1.82, 2.24) is 4.72 Å². The maximum atomic E-state index is 12.8. The van der Waals surface area contributed by atoms with Crippen molar-refractivity contribution >= 4 is 10.0 Å². The quantitative estimate of drug-likeness (QED) is 0.763. The van der Waals surface area contributed by atoms with Crippen LogP contribution in [0.4, 0.5) is 4.39 Å². The zero-order valence-corrected chi connectivity index (χ0v) is 15.6. The SMILES string of the molecule is CC(C)(C)c1ccc(OCCNS(=O)(=O)Cc2ccc(F)cc2)cc1. The van der Waals surface area contributed by atoms with Crippen LogP contribution in [0.25, 0.3) is 0 Å². The third kappa shape index (κ3) is 6.48. The van der Waals surface area contributed by atoms with Gasteiger partial charge in [-0.15, -0.1) is 0 Å². The molecule has 0 amide bonds. The van der Waals surface area contributed by atoms with Gasteiger partial charge in [-0.05, 0) is 40.8 Å². The molecule has 2 rings (SSSR count). The van der Waals surface area contributed by atoms with E-state index in [0.717, 1.165) is 0 Å². The van der Waals surface area contributed by atoms with E-state index < -0.39 is 10.0 Å². The summed E-state index contributed by atoms with van der Waals surface area (Å²) in [5.41, 5.74) is 1.82. The molecule has 0 saturated carbocycles. The molecule has 0 radical (unpaired) electrons. The van der Waals surface area contributed by atoms with Gasteiger partial charge in [-0.25, -0.2) is 17.5 Å². The molecule has 0 unspecified atom stereocenters. The molecule has 0 aromatic heterocycles. The highest BCUT2D eigenvalue weighted by atomic mass is 32.2. The van der Waals surface area contributed by atoms with E-state index >= 15 is 0 Å². The summed E-state index contributed by atoms with van der Waals surface area (Å²) in [5.74, 6) is 0.124. The number of benzene rings is 2. The van der Waals surface area contributed by atoms with E-state index in [9.17, 15) is 12.8 Å². The minimum atomic E-state index is -3.48. The van der Waals surface area contributed by atoms with Gasteiger partial charge in [0.2, 0.25) is 10.0 Å². The lowest BCUT2D eigenvalue weighted by Gasteiger charge is -2.19. The molecule has 1 N–H and O–H groups in total. The molecule has 6 heteroatoms. The van der Waals surface area contributed by atoms with Gasteiger partial charge in [-0.3, -0.25) is 0 Å². The minimum Gasteiger partial charge on any atom is -0.492 e. The Morgan fingerprint density at radius 2 is 1.60 bits per heavy atom. The maximum absolute atomic E-state index is 12.8.